The number of carbonyl (C=O) groups excluding carboxylic acids is 1. The van der Waals surface area contributed by atoms with Crippen LogP contribution in [-0.4, -0.2) is 41.1 Å². The number of benzene rings is 1. The fourth-order valence-electron chi connectivity index (χ4n) is 2.73. The molecule has 2 amide bonds. The van der Waals surface area contributed by atoms with Crippen LogP contribution in [0.1, 0.15) is 31.7 Å². The number of hydrogen-bond donors (Lipinski definition) is 2. The van der Waals surface area contributed by atoms with Crippen LogP contribution in [-0.2, 0) is 11.2 Å². The van der Waals surface area contributed by atoms with Crippen molar-refractivity contribution in [1.29, 1.82) is 0 Å². The van der Waals surface area contributed by atoms with Crippen molar-refractivity contribution in [3.63, 3.8) is 0 Å². The summed E-state index contributed by atoms with van der Waals surface area (Å²) in [5, 5.41) is 12.0. The first-order valence-electron chi connectivity index (χ1n) is 7.88. The number of carboxylic acids is 1. The number of piperidine rings is 1. The highest BCUT2D eigenvalue weighted by Gasteiger charge is 2.27. The highest BCUT2D eigenvalue weighted by atomic mass is 16.4. The van der Waals surface area contributed by atoms with E-state index in [4.69, 9.17) is 5.11 Å². The number of nitrogens with zero attached hydrogens (tertiary/aromatic N) is 1. The average Bonchev–Trinajstić information content (AvgIpc) is 2.54. The molecular weight excluding hydrogens is 280 g/mol. The molecule has 0 bridgehead atoms. The van der Waals surface area contributed by atoms with Crippen LogP contribution in [0, 0.1) is 5.92 Å². The molecule has 5 nitrogen and oxygen atoms in total. The largest absolute Gasteiger partial charge is 0.481 e. The highest BCUT2D eigenvalue weighted by molar-refractivity contribution is 5.75. The first-order chi connectivity index (χ1) is 10.6. The van der Waals surface area contributed by atoms with Gasteiger partial charge in [-0.3, -0.25) is 4.79 Å². The van der Waals surface area contributed by atoms with Crippen molar-refractivity contribution in [2.24, 2.45) is 5.92 Å². The second kappa shape index (κ2) is 7.82. The third kappa shape index (κ3) is 4.76. The van der Waals surface area contributed by atoms with Crippen LogP contribution in [0.25, 0.3) is 0 Å². The molecule has 5 heteroatoms. The van der Waals surface area contributed by atoms with Gasteiger partial charge in [-0.25, -0.2) is 4.79 Å². The molecule has 1 aliphatic heterocycles. The van der Waals surface area contributed by atoms with Gasteiger partial charge in [-0.1, -0.05) is 30.3 Å². The van der Waals surface area contributed by atoms with Crippen LogP contribution in [0.5, 0.6) is 0 Å². The SMILES string of the molecule is CC(CCc1ccccc1)NC(=O)N1CCC(C(=O)O)CC1. The molecule has 0 saturated carbocycles. The van der Waals surface area contributed by atoms with Crippen molar-refractivity contribution < 1.29 is 14.7 Å². The molecule has 1 atom stereocenters. The molecule has 0 aliphatic carbocycles. The van der Waals surface area contributed by atoms with Crippen molar-refractivity contribution >= 4 is 12.0 Å². The van der Waals surface area contributed by atoms with E-state index in [1.165, 1.54) is 5.56 Å². The molecule has 2 rings (SSSR count). The standard InChI is InChI=1S/C17H24N2O3/c1-13(7-8-14-5-3-2-4-6-14)18-17(22)19-11-9-15(10-12-19)16(20)21/h2-6,13,15H,7-12H2,1H3,(H,18,22)(H,20,21). The molecule has 0 aromatic heterocycles. The monoisotopic (exact) mass is 304 g/mol. The van der Waals surface area contributed by atoms with E-state index in [9.17, 15) is 9.59 Å². The van der Waals surface area contributed by atoms with Crippen molar-refractivity contribution in [1.82, 2.24) is 10.2 Å². The zero-order valence-corrected chi connectivity index (χ0v) is 13.0. The maximum Gasteiger partial charge on any atom is 0.317 e. The maximum absolute atomic E-state index is 12.2. The van der Waals surface area contributed by atoms with Crippen molar-refractivity contribution in [3.8, 4) is 0 Å². The summed E-state index contributed by atoms with van der Waals surface area (Å²) >= 11 is 0. The van der Waals surface area contributed by atoms with Gasteiger partial charge in [0.1, 0.15) is 0 Å². The van der Waals surface area contributed by atoms with Gasteiger partial charge in [0.2, 0.25) is 0 Å². The summed E-state index contributed by atoms with van der Waals surface area (Å²) in [6.07, 6.45) is 2.91. The van der Waals surface area contributed by atoms with Gasteiger partial charge in [-0.15, -0.1) is 0 Å². The smallest absolute Gasteiger partial charge is 0.317 e. The van der Waals surface area contributed by atoms with Gasteiger partial charge in [0.25, 0.3) is 0 Å². The van der Waals surface area contributed by atoms with E-state index in [0.717, 1.165) is 12.8 Å². The van der Waals surface area contributed by atoms with E-state index in [1.54, 1.807) is 4.90 Å². The van der Waals surface area contributed by atoms with Crippen LogP contribution in [0.15, 0.2) is 30.3 Å². The van der Waals surface area contributed by atoms with Crippen LogP contribution >= 0.6 is 0 Å². The Labute approximate surface area is 131 Å². The summed E-state index contributed by atoms with van der Waals surface area (Å²) in [5.74, 6) is -1.06. The van der Waals surface area contributed by atoms with Gasteiger partial charge in [-0.05, 0) is 38.2 Å². The second-order valence-electron chi connectivity index (χ2n) is 5.97. The summed E-state index contributed by atoms with van der Waals surface area (Å²) in [4.78, 5) is 24.8. The van der Waals surface area contributed by atoms with Crippen molar-refractivity contribution in [3.05, 3.63) is 35.9 Å². The van der Waals surface area contributed by atoms with E-state index in [2.05, 4.69) is 17.4 Å². The lowest BCUT2D eigenvalue weighted by Gasteiger charge is -2.31. The number of likely N-dealkylation sites (tertiary alicyclic amines) is 1. The number of carbonyl (C=O) groups is 2. The number of aliphatic carboxylic acids is 1. The summed E-state index contributed by atoms with van der Waals surface area (Å²) in [6.45, 7) is 3.05. The summed E-state index contributed by atoms with van der Waals surface area (Å²) in [7, 11) is 0. The van der Waals surface area contributed by atoms with Gasteiger partial charge < -0.3 is 15.3 Å². The lowest BCUT2D eigenvalue weighted by molar-refractivity contribution is -0.143. The van der Waals surface area contributed by atoms with E-state index in [-0.39, 0.29) is 18.0 Å². The van der Waals surface area contributed by atoms with Gasteiger partial charge in [-0.2, -0.15) is 0 Å². The van der Waals surface area contributed by atoms with Gasteiger partial charge in [0, 0.05) is 19.1 Å². The molecule has 22 heavy (non-hydrogen) atoms. The predicted octanol–water partition coefficient (Wildman–Crippen LogP) is 2.51. The van der Waals surface area contributed by atoms with E-state index < -0.39 is 5.97 Å². The minimum absolute atomic E-state index is 0.0793. The molecule has 0 spiro atoms. The quantitative estimate of drug-likeness (QED) is 0.878. The summed E-state index contributed by atoms with van der Waals surface area (Å²) in [6, 6.07) is 10.2. The molecule has 1 saturated heterocycles. The van der Waals surface area contributed by atoms with Gasteiger partial charge >= 0.3 is 12.0 Å². The summed E-state index contributed by atoms with van der Waals surface area (Å²) in [5.41, 5.74) is 1.27. The Balaban J connectivity index is 1.71. The van der Waals surface area contributed by atoms with Gasteiger partial charge in [0.05, 0.1) is 5.92 Å². The van der Waals surface area contributed by atoms with Gasteiger partial charge in [0.15, 0.2) is 0 Å². The Hall–Kier alpha value is -2.04. The number of carboxylic acid groups (broad SMARTS) is 1. The number of amides is 2. The number of rotatable bonds is 5. The molecule has 1 unspecified atom stereocenters. The third-order valence-electron chi connectivity index (χ3n) is 4.21. The lowest BCUT2D eigenvalue weighted by atomic mass is 9.97. The number of nitrogens with one attached hydrogen (secondary N) is 1. The normalized spacial score (nSPS) is 17.0. The van der Waals surface area contributed by atoms with E-state index in [1.807, 2.05) is 25.1 Å². The zero-order valence-electron chi connectivity index (χ0n) is 13.0. The number of urea groups is 1. The molecule has 1 heterocycles. The Bertz CT molecular complexity index is 496. The average molecular weight is 304 g/mol. The first-order valence-corrected chi connectivity index (χ1v) is 7.88. The zero-order chi connectivity index (χ0) is 15.9. The Kier molecular flexibility index (Phi) is 5.81. The second-order valence-corrected chi connectivity index (χ2v) is 5.97. The molecule has 120 valence electrons. The topological polar surface area (TPSA) is 69.6 Å². The molecule has 0 radical (unpaired) electrons. The maximum atomic E-state index is 12.2. The summed E-state index contributed by atoms with van der Waals surface area (Å²) < 4.78 is 0. The van der Waals surface area contributed by atoms with Crippen molar-refractivity contribution in [2.75, 3.05) is 13.1 Å². The fraction of sp³-hybridized carbons (Fsp3) is 0.529. The predicted molar refractivity (Wildman–Crippen MR) is 84.7 cm³/mol. The van der Waals surface area contributed by atoms with E-state index >= 15 is 0 Å². The van der Waals surface area contributed by atoms with Crippen molar-refractivity contribution in [2.45, 2.75) is 38.6 Å². The lowest BCUT2D eigenvalue weighted by Crippen LogP contribution is -2.48. The molecule has 1 aromatic carbocycles. The number of hydrogen-bond acceptors (Lipinski definition) is 2. The molecule has 1 fully saturated rings. The Morgan fingerprint density at radius 2 is 1.91 bits per heavy atom. The Morgan fingerprint density at radius 3 is 2.50 bits per heavy atom. The fourth-order valence-corrected chi connectivity index (χ4v) is 2.73. The third-order valence-corrected chi connectivity index (χ3v) is 4.21. The molecular formula is C17H24N2O3. The van der Waals surface area contributed by atoms with Crippen LogP contribution in [0.3, 0.4) is 0 Å². The molecule has 1 aromatic rings. The number of aryl methyl sites for hydroxylation is 1. The van der Waals surface area contributed by atoms with E-state index in [0.29, 0.717) is 25.9 Å². The highest BCUT2D eigenvalue weighted by Crippen LogP contribution is 2.17. The first kappa shape index (κ1) is 16.3. The van der Waals surface area contributed by atoms with Crippen LogP contribution in [0.2, 0.25) is 0 Å². The van der Waals surface area contributed by atoms with Crippen LogP contribution < -0.4 is 5.32 Å². The molecule has 1 aliphatic rings. The molecule has 2 N–H and O–H groups in total. The Morgan fingerprint density at radius 1 is 1.27 bits per heavy atom. The van der Waals surface area contributed by atoms with Crippen LogP contribution in [0.4, 0.5) is 4.79 Å². The minimum Gasteiger partial charge on any atom is -0.481 e. The minimum atomic E-state index is -0.753.